The van der Waals surface area contributed by atoms with Crippen LogP contribution in [0.1, 0.15) is 77.3 Å². The van der Waals surface area contributed by atoms with Crippen LogP contribution in [0.15, 0.2) is 36.4 Å². The Hall–Kier alpha value is -4.86. The van der Waals surface area contributed by atoms with Crippen molar-refractivity contribution >= 4 is 45.4 Å². The van der Waals surface area contributed by atoms with E-state index in [-0.39, 0.29) is 41.6 Å². The number of likely N-dealkylation sites (N-methyl/N-ethyl adjacent to an activating group) is 2. The lowest BCUT2D eigenvalue weighted by Gasteiger charge is -2.30. The van der Waals surface area contributed by atoms with Crippen LogP contribution in [-0.4, -0.2) is 118 Å². The summed E-state index contributed by atoms with van der Waals surface area (Å²) in [5.74, 6) is -1.82. The predicted molar refractivity (Wildman–Crippen MR) is 222 cm³/mol. The Morgan fingerprint density at radius 2 is 1.25 bits per heavy atom. The van der Waals surface area contributed by atoms with E-state index in [1.165, 1.54) is 24.3 Å². The number of nitrogens with zero attached hydrogens (tertiary/aromatic N) is 2. The van der Waals surface area contributed by atoms with E-state index in [0.29, 0.717) is 61.1 Å². The number of nitrogens with one attached hydrogen (secondary N) is 6. The molecular formula is C44H58F2N8O5. The Labute approximate surface area is 343 Å². The van der Waals surface area contributed by atoms with E-state index in [1.54, 1.807) is 45.0 Å². The molecular weight excluding hydrogens is 759 g/mol. The normalized spacial score (nSPS) is 21.9. The van der Waals surface area contributed by atoms with Crippen LogP contribution in [0.2, 0.25) is 0 Å². The average molecular weight is 817 g/mol. The van der Waals surface area contributed by atoms with Gasteiger partial charge in [0.1, 0.15) is 23.7 Å². The minimum atomic E-state index is -0.794. The summed E-state index contributed by atoms with van der Waals surface area (Å²) in [7, 11) is 3.37. The highest BCUT2D eigenvalue weighted by molar-refractivity contribution is 5.97. The summed E-state index contributed by atoms with van der Waals surface area (Å²) in [5, 5.41) is 24.2. The maximum Gasteiger partial charge on any atom is 0.245 e. The molecule has 7 rings (SSSR count). The molecule has 1 aliphatic carbocycles. The van der Waals surface area contributed by atoms with Crippen LogP contribution in [0.25, 0.3) is 33.2 Å². The molecule has 13 nitrogen and oxygen atoms in total. The van der Waals surface area contributed by atoms with Gasteiger partial charge in [0.05, 0.1) is 29.6 Å². The number of likely N-dealkylation sites (tertiary alicyclic amines) is 2. The molecule has 4 aromatic rings. The van der Waals surface area contributed by atoms with Gasteiger partial charge in [-0.25, -0.2) is 8.78 Å². The summed E-state index contributed by atoms with van der Waals surface area (Å²) in [4.78, 5) is 64.7. The van der Waals surface area contributed by atoms with Crippen LogP contribution in [0.5, 0.6) is 0 Å². The minimum absolute atomic E-state index is 0.0172. The fraction of sp³-hybridized carbons (Fsp3) is 0.545. The zero-order valence-corrected chi connectivity index (χ0v) is 34.8. The molecule has 7 atom stereocenters. The van der Waals surface area contributed by atoms with Gasteiger partial charge in [-0.3, -0.25) is 19.2 Å². The van der Waals surface area contributed by atoms with Crippen LogP contribution < -0.4 is 21.3 Å². The molecule has 0 radical (unpaired) electrons. The SMILES string of the molecule is CCC(NC(=O)C(C)NC)C(=O)N1CC(O)CC1Cc1c(-c2[nH]c3cc(F)ccc3c2CC2CC3(CC3)CN2C(=O)C(CC)NC(=O)C(C)NC)[nH]c2cc(F)ccc12. The Balaban J connectivity index is 1.27. The fourth-order valence-corrected chi connectivity index (χ4v) is 9.21. The van der Waals surface area contributed by atoms with Gasteiger partial charge in [0.15, 0.2) is 0 Å². The highest BCUT2D eigenvalue weighted by atomic mass is 19.1. The molecule has 2 aromatic heterocycles. The fourth-order valence-electron chi connectivity index (χ4n) is 9.21. The van der Waals surface area contributed by atoms with Crippen molar-refractivity contribution in [2.45, 2.75) is 121 Å². The second kappa shape index (κ2) is 17.0. The molecule has 1 saturated carbocycles. The van der Waals surface area contributed by atoms with E-state index < -0.39 is 47.9 Å². The third kappa shape index (κ3) is 8.46. The molecule has 2 aromatic carbocycles. The van der Waals surface area contributed by atoms with Gasteiger partial charge in [0, 0.05) is 47.0 Å². The summed E-state index contributed by atoms with van der Waals surface area (Å²) in [6, 6.07) is 5.99. The zero-order valence-electron chi connectivity index (χ0n) is 34.8. The van der Waals surface area contributed by atoms with Crippen molar-refractivity contribution in [2.75, 3.05) is 27.2 Å². The first kappa shape index (κ1) is 42.3. The molecule has 4 amide bonds. The van der Waals surface area contributed by atoms with Crippen molar-refractivity contribution in [1.82, 2.24) is 41.0 Å². The van der Waals surface area contributed by atoms with Gasteiger partial charge in [-0.15, -0.1) is 0 Å². The van der Waals surface area contributed by atoms with Gasteiger partial charge in [-0.1, -0.05) is 13.8 Å². The van der Waals surface area contributed by atoms with Crippen molar-refractivity contribution in [3.63, 3.8) is 0 Å². The first-order valence-corrected chi connectivity index (χ1v) is 21.0. The van der Waals surface area contributed by atoms with Crippen LogP contribution in [0.4, 0.5) is 8.78 Å². The van der Waals surface area contributed by atoms with Crippen LogP contribution in [0, 0.1) is 17.0 Å². The molecule has 0 bridgehead atoms. The summed E-state index contributed by atoms with van der Waals surface area (Å²) >= 11 is 0. The average Bonchev–Trinajstić information content (AvgIpc) is 3.45. The molecule has 2 aliphatic heterocycles. The van der Waals surface area contributed by atoms with Crippen molar-refractivity contribution in [3.8, 4) is 11.4 Å². The number of hydrogen-bond donors (Lipinski definition) is 7. The van der Waals surface area contributed by atoms with Gasteiger partial charge in [0.2, 0.25) is 23.6 Å². The Kier molecular flexibility index (Phi) is 12.2. The number of fused-ring (bicyclic) bond motifs is 2. The number of halogens is 2. The van der Waals surface area contributed by atoms with Gasteiger partial charge in [0.25, 0.3) is 0 Å². The van der Waals surface area contributed by atoms with Gasteiger partial charge in [-0.05, 0) is 132 Å². The number of aliphatic hydroxyl groups is 1. The van der Waals surface area contributed by atoms with Gasteiger partial charge in [-0.2, -0.15) is 0 Å². The number of aliphatic hydroxyl groups excluding tert-OH is 1. The molecule has 3 fully saturated rings. The second-order valence-electron chi connectivity index (χ2n) is 17.1. The molecule has 15 heteroatoms. The number of amides is 4. The number of β-amino-alcohol motifs (C(OH)–C–C–N with tert-alkyl or cyclic N) is 1. The third-order valence-corrected chi connectivity index (χ3v) is 13.1. The Bertz CT molecular complexity index is 2230. The predicted octanol–water partition coefficient (Wildman–Crippen LogP) is 4.03. The maximum absolute atomic E-state index is 14.9. The van der Waals surface area contributed by atoms with E-state index in [0.717, 1.165) is 41.2 Å². The molecule has 3 aliphatic rings. The van der Waals surface area contributed by atoms with E-state index in [2.05, 4.69) is 31.2 Å². The van der Waals surface area contributed by atoms with E-state index in [1.807, 2.05) is 18.7 Å². The van der Waals surface area contributed by atoms with E-state index in [4.69, 9.17) is 0 Å². The number of carbonyl (C=O) groups is 4. The maximum atomic E-state index is 14.9. The topological polar surface area (TPSA) is 175 Å². The number of rotatable bonds is 15. The number of carbonyl (C=O) groups excluding carboxylic acids is 4. The number of H-pyrrole nitrogens is 2. The zero-order chi connectivity index (χ0) is 42.3. The molecule has 7 N–H and O–H groups in total. The molecule has 4 heterocycles. The van der Waals surface area contributed by atoms with Gasteiger partial charge < -0.3 is 46.1 Å². The van der Waals surface area contributed by atoms with Crippen LogP contribution in [0.3, 0.4) is 0 Å². The second-order valence-corrected chi connectivity index (χ2v) is 17.1. The number of aromatic nitrogens is 2. The molecule has 1 spiro atoms. The summed E-state index contributed by atoms with van der Waals surface area (Å²) < 4.78 is 29.7. The van der Waals surface area contributed by atoms with Crippen molar-refractivity contribution in [3.05, 3.63) is 59.2 Å². The lowest BCUT2D eigenvalue weighted by Crippen LogP contribution is -2.53. The summed E-state index contributed by atoms with van der Waals surface area (Å²) in [6.07, 6.45) is 3.83. The van der Waals surface area contributed by atoms with Crippen molar-refractivity contribution in [2.24, 2.45) is 5.41 Å². The lowest BCUT2D eigenvalue weighted by molar-refractivity contribution is -0.138. The van der Waals surface area contributed by atoms with Crippen LogP contribution in [-0.2, 0) is 32.0 Å². The van der Waals surface area contributed by atoms with Crippen LogP contribution >= 0.6 is 0 Å². The molecule has 59 heavy (non-hydrogen) atoms. The highest BCUT2D eigenvalue weighted by Gasteiger charge is 2.54. The summed E-state index contributed by atoms with van der Waals surface area (Å²) in [5.41, 5.74) is 4.08. The quantitative estimate of drug-likeness (QED) is 0.0949. The molecule has 318 valence electrons. The first-order chi connectivity index (χ1) is 28.2. The number of aromatic amines is 2. The largest absolute Gasteiger partial charge is 0.391 e. The Morgan fingerprint density at radius 1 is 0.780 bits per heavy atom. The standard InChI is InChI=1S/C44H58F2N8O5/c1-7-34(51-40(56)23(3)47-5)42(58)53-21-29(55)17-27(53)18-32-30-11-9-25(45)15-36(30)49-38(32)39-33(31-12-10-26(46)16-37(31)50-39)19-28-20-44(13-14-44)22-54(28)43(59)35(8-2)52-41(57)24(4)48-6/h9-12,15-16,23-24,27-29,34-35,47-50,55H,7-8,13-14,17-22H2,1-6H3,(H,51,56)(H,52,57). The number of benzene rings is 2. The van der Waals surface area contributed by atoms with E-state index >= 15 is 0 Å². The lowest BCUT2D eigenvalue weighted by atomic mass is 9.93. The minimum Gasteiger partial charge on any atom is -0.391 e. The van der Waals surface area contributed by atoms with E-state index in [9.17, 15) is 33.1 Å². The molecule has 7 unspecified atom stereocenters. The first-order valence-electron chi connectivity index (χ1n) is 21.0. The highest BCUT2D eigenvalue weighted by Crippen LogP contribution is 2.56. The smallest absolute Gasteiger partial charge is 0.245 e. The molecule has 2 saturated heterocycles. The number of hydrogen-bond acceptors (Lipinski definition) is 7. The van der Waals surface area contributed by atoms with Crippen molar-refractivity contribution in [1.29, 1.82) is 0 Å². The summed E-state index contributed by atoms with van der Waals surface area (Å²) in [6.45, 7) is 7.86. The monoisotopic (exact) mass is 816 g/mol. The van der Waals surface area contributed by atoms with Gasteiger partial charge >= 0.3 is 0 Å². The van der Waals surface area contributed by atoms with Crippen molar-refractivity contribution < 1.29 is 33.1 Å². The third-order valence-electron chi connectivity index (χ3n) is 13.1. The Morgan fingerprint density at radius 3 is 1.71 bits per heavy atom.